The minimum Gasteiger partial charge on any atom is -0.460 e. The molecule has 0 bridgehead atoms. The predicted octanol–water partition coefficient (Wildman–Crippen LogP) is 3.42. The monoisotopic (exact) mass is 310 g/mol. The Labute approximate surface area is 124 Å². The van der Waals surface area contributed by atoms with Crippen molar-refractivity contribution in [3.05, 3.63) is 34.2 Å². The minimum atomic E-state index is -0.834. The molecule has 1 aromatic carbocycles. The summed E-state index contributed by atoms with van der Waals surface area (Å²) in [7, 11) is 0. The van der Waals surface area contributed by atoms with E-state index in [1.54, 1.807) is 6.92 Å². The van der Waals surface area contributed by atoms with Crippen LogP contribution in [0.2, 0.25) is 5.02 Å². The van der Waals surface area contributed by atoms with Gasteiger partial charge >= 0.3 is 11.9 Å². The number of benzene rings is 1. The van der Waals surface area contributed by atoms with Crippen LogP contribution >= 0.6 is 22.9 Å². The summed E-state index contributed by atoms with van der Waals surface area (Å²) in [5, 5.41) is 1.18. The molecule has 104 valence electrons. The van der Waals surface area contributed by atoms with E-state index in [2.05, 4.69) is 0 Å². The standard InChI is InChI=1S/C14H11ClO4S/c1-7-6-9(13(16)18-7)19-14(17)12-11(15)8-4-2-3-5-10(8)20-12/h2-5,7,9H,6H2,1H3/t7-,9+/m1/s1. The van der Waals surface area contributed by atoms with E-state index in [9.17, 15) is 9.59 Å². The van der Waals surface area contributed by atoms with Crippen molar-refractivity contribution in [2.75, 3.05) is 0 Å². The summed E-state index contributed by atoms with van der Waals surface area (Å²) in [6.45, 7) is 1.76. The fourth-order valence-electron chi connectivity index (χ4n) is 2.14. The van der Waals surface area contributed by atoms with Crippen LogP contribution in [0.1, 0.15) is 23.0 Å². The van der Waals surface area contributed by atoms with E-state index in [4.69, 9.17) is 21.1 Å². The first-order valence-electron chi connectivity index (χ1n) is 6.15. The minimum absolute atomic E-state index is 0.224. The highest BCUT2D eigenvalue weighted by Crippen LogP contribution is 2.36. The van der Waals surface area contributed by atoms with E-state index in [1.807, 2.05) is 24.3 Å². The van der Waals surface area contributed by atoms with E-state index in [0.29, 0.717) is 16.3 Å². The van der Waals surface area contributed by atoms with Crippen LogP contribution in [0, 0.1) is 0 Å². The van der Waals surface area contributed by atoms with E-state index < -0.39 is 18.0 Å². The largest absolute Gasteiger partial charge is 0.460 e. The van der Waals surface area contributed by atoms with Gasteiger partial charge in [0.1, 0.15) is 11.0 Å². The van der Waals surface area contributed by atoms with Gasteiger partial charge in [-0.25, -0.2) is 9.59 Å². The van der Waals surface area contributed by atoms with Crippen LogP contribution in [0.3, 0.4) is 0 Å². The van der Waals surface area contributed by atoms with Crippen LogP contribution in [-0.2, 0) is 14.3 Å². The lowest BCUT2D eigenvalue weighted by molar-refractivity contribution is -0.147. The molecule has 2 heterocycles. The lowest BCUT2D eigenvalue weighted by Gasteiger charge is -2.06. The zero-order valence-corrected chi connectivity index (χ0v) is 12.2. The maximum atomic E-state index is 12.1. The Morgan fingerprint density at radius 3 is 2.85 bits per heavy atom. The van der Waals surface area contributed by atoms with Gasteiger partial charge in [0, 0.05) is 16.5 Å². The van der Waals surface area contributed by atoms with Crippen molar-refractivity contribution in [3.8, 4) is 0 Å². The van der Waals surface area contributed by atoms with Crippen molar-refractivity contribution in [2.45, 2.75) is 25.6 Å². The number of esters is 2. The lowest BCUT2D eigenvalue weighted by atomic mass is 10.2. The van der Waals surface area contributed by atoms with Gasteiger partial charge in [0.2, 0.25) is 6.10 Å². The van der Waals surface area contributed by atoms with Crippen LogP contribution in [-0.4, -0.2) is 24.1 Å². The van der Waals surface area contributed by atoms with Gasteiger partial charge in [-0.05, 0) is 13.0 Å². The van der Waals surface area contributed by atoms with Gasteiger partial charge in [0.25, 0.3) is 0 Å². The third kappa shape index (κ3) is 2.27. The first-order chi connectivity index (χ1) is 9.56. The average Bonchev–Trinajstić information content (AvgIpc) is 2.91. The summed E-state index contributed by atoms with van der Waals surface area (Å²) in [6, 6.07) is 7.46. The summed E-state index contributed by atoms with van der Waals surface area (Å²) in [6.07, 6.45) is -0.676. The molecule has 6 heteroatoms. The first-order valence-corrected chi connectivity index (χ1v) is 7.34. The molecule has 1 saturated heterocycles. The SMILES string of the molecule is C[C@@H]1C[C@H](OC(=O)c2sc3ccccc3c2Cl)C(=O)O1. The van der Waals surface area contributed by atoms with E-state index in [1.165, 1.54) is 11.3 Å². The molecule has 2 atom stereocenters. The molecular weight excluding hydrogens is 300 g/mol. The highest BCUT2D eigenvalue weighted by Gasteiger charge is 2.36. The van der Waals surface area contributed by atoms with Crippen molar-refractivity contribution in [3.63, 3.8) is 0 Å². The fraction of sp³-hybridized carbons (Fsp3) is 0.286. The number of hydrogen-bond donors (Lipinski definition) is 0. The molecule has 1 aromatic heterocycles. The number of carbonyl (C=O) groups excluding carboxylic acids is 2. The van der Waals surface area contributed by atoms with E-state index in [-0.39, 0.29) is 6.10 Å². The number of hydrogen-bond acceptors (Lipinski definition) is 5. The Kier molecular flexibility index (Phi) is 3.40. The first kappa shape index (κ1) is 13.4. The number of cyclic esters (lactones) is 1. The second-order valence-corrected chi connectivity index (χ2v) is 6.05. The molecule has 1 fully saturated rings. The maximum absolute atomic E-state index is 12.1. The zero-order valence-electron chi connectivity index (χ0n) is 10.6. The van der Waals surface area contributed by atoms with Crippen LogP contribution in [0.5, 0.6) is 0 Å². The van der Waals surface area contributed by atoms with Crippen LogP contribution in [0.25, 0.3) is 10.1 Å². The summed E-state index contributed by atoms with van der Waals surface area (Å²) in [4.78, 5) is 23.9. The molecule has 1 aliphatic heterocycles. The van der Waals surface area contributed by atoms with E-state index in [0.717, 1.165) is 10.1 Å². The van der Waals surface area contributed by atoms with Gasteiger partial charge in [0.15, 0.2) is 0 Å². The van der Waals surface area contributed by atoms with Crippen molar-refractivity contribution in [1.82, 2.24) is 0 Å². The fourth-order valence-corrected chi connectivity index (χ4v) is 3.54. The second kappa shape index (κ2) is 5.07. The normalized spacial score (nSPS) is 22.0. The summed E-state index contributed by atoms with van der Waals surface area (Å²) in [5.74, 6) is -1.07. The highest BCUT2D eigenvalue weighted by molar-refractivity contribution is 7.21. The molecular formula is C14H11ClO4S. The number of ether oxygens (including phenoxy) is 2. The van der Waals surface area contributed by atoms with Gasteiger partial charge < -0.3 is 9.47 Å². The summed E-state index contributed by atoms with van der Waals surface area (Å²) in [5.41, 5.74) is 0. The summed E-state index contributed by atoms with van der Waals surface area (Å²) < 4.78 is 11.1. The Hall–Kier alpha value is -1.59. The molecule has 0 N–H and O–H groups in total. The molecule has 0 spiro atoms. The molecule has 4 nitrogen and oxygen atoms in total. The Bertz CT molecular complexity index is 694. The zero-order chi connectivity index (χ0) is 14.3. The van der Waals surface area contributed by atoms with Gasteiger partial charge in [-0.3, -0.25) is 0 Å². The van der Waals surface area contributed by atoms with Crippen molar-refractivity contribution in [1.29, 1.82) is 0 Å². The molecule has 0 aliphatic carbocycles. The van der Waals surface area contributed by atoms with Gasteiger partial charge in [0.05, 0.1) is 5.02 Å². The molecule has 2 aromatic rings. The number of rotatable bonds is 2. The van der Waals surface area contributed by atoms with Crippen molar-refractivity contribution in [2.24, 2.45) is 0 Å². The third-order valence-corrected chi connectivity index (χ3v) is 4.75. The van der Waals surface area contributed by atoms with Crippen LogP contribution in [0.15, 0.2) is 24.3 Å². The molecule has 0 unspecified atom stereocenters. The number of fused-ring (bicyclic) bond motifs is 1. The van der Waals surface area contributed by atoms with E-state index >= 15 is 0 Å². The molecule has 1 aliphatic rings. The maximum Gasteiger partial charge on any atom is 0.350 e. The number of carbonyl (C=O) groups is 2. The van der Waals surface area contributed by atoms with Crippen LogP contribution < -0.4 is 0 Å². The van der Waals surface area contributed by atoms with Gasteiger partial charge in [-0.15, -0.1) is 11.3 Å². The Morgan fingerprint density at radius 2 is 2.20 bits per heavy atom. The Morgan fingerprint density at radius 1 is 1.45 bits per heavy atom. The smallest absolute Gasteiger partial charge is 0.350 e. The van der Waals surface area contributed by atoms with Crippen molar-refractivity contribution >= 4 is 45.0 Å². The Balaban J connectivity index is 1.86. The number of thiophene rings is 1. The second-order valence-electron chi connectivity index (χ2n) is 4.62. The van der Waals surface area contributed by atoms with Crippen molar-refractivity contribution < 1.29 is 19.1 Å². The third-order valence-electron chi connectivity index (χ3n) is 3.10. The average molecular weight is 311 g/mol. The van der Waals surface area contributed by atoms with Gasteiger partial charge in [-0.1, -0.05) is 29.8 Å². The molecule has 0 amide bonds. The summed E-state index contributed by atoms with van der Waals surface area (Å²) >= 11 is 7.45. The van der Waals surface area contributed by atoms with Crippen LogP contribution in [0.4, 0.5) is 0 Å². The lowest BCUT2D eigenvalue weighted by Crippen LogP contribution is -2.22. The molecule has 0 saturated carbocycles. The highest BCUT2D eigenvalue weighted by atomic mass is 35.5. The topological polar surface area (TPSA) is 52.6 Å². The molecule has 20 heavy (non-hydrogen) atoms. The molecule has 0 radical (unpaired) electrons. The predicted molar refractivity (Wildman–Crippen MR) is 76.2 cm³/mol. The number of halogens is 1. The quantitative estimate of drug-likeness (QED) is 0.798. The van der Waals surface area contributed by atoms with Gasteiger partial charge in [-0.2, -0.15) is 0 Å². The molecule has 3 rings (SSSR count).